The minimum absolute atomic E-state index is 0.0390. The van der Waals surface area contributed by atoms with E-state index in [1.807, 2.05) is 0 Å². The van der Waals surface area contributed by atoms with E-state index < -0.39 is 0 Å². The van der Waals surface area contributed by atoms with Gasteiger partial charge in [0.1, 0.15) is 6.61 Å². The Labute approximate surface area is 181 Å². The molecule has 6 atom stereocenters. The first kappa shape index (κ1) is 21.6. The number of carbonyl (C=O) groups is 2. The van der Waals surface area contributed by atoms with Crippen LogP contribution < -0.4 is 0 Å². The van der Waals surface area contributed by atoms with Gasteiger partial charge in [0.15, 0.2) is 5.78 Å². The lowest BCUT2D eigenvalue weighted by Gasteiger charge is -2.57. The van der Waals surface area contributed by atoms with E-state index in [4.69, 9.17) is 9.47 Å². The highest BCUT2D eigenvalue weighted by atomic mass is 16.5. The molecule has 4 aliphatic rings. The highest BCUT2D eigenvalue weighted by molar-refractivity contribution is 5.85. The molecule has 0 amide bonds. The van der Waals surface area contributed by atoms with Gasteiger partial charge in [-0.15, -0.1) is 0 Å². The molecule has 0 N–H and O–H groups in total. The number of allylic oxidation sites excluding steroid dienone is 4. The molecule has 0 aromatic carbocycles. The van der Waals surface area contributed by atoms with Crippen molar-refractivity contribution in [1.29, 1.82) is 0 Å². The van der Waals surface area contributed by atoms with E-state index >= 15 is 0 Å². The van der Waals surface area contributed by atoms with Gasteiger partial charge in [0.05, 0.1) is 12.4 Å². The van der Waals surface area contributed by atoms with E-state index in [9.17, 15) is 9.59 Å². The number of hydrogen-bond donors (Lipinski definition) is 0. The summed E-state index contributed by atoms with van der Waals surface area (Å²) in [4.78, 5) is 24.1. The lowest BCUT2D eigenvalue weighted by molar-refractivity contribution is -0.149. The summed E-state index contributed by atoms with van der Waals surface area (Å²) in [5.74, 6) is 2.90. The molecular weight excluding hydrogens is 376 g/mol. The van der Waals surface area contributed by atoms with E-state index in [1.54, 1.807) is 0 Å². The number of rotatable bonds is 5. The average Bonchev–Trinajstić information content (AvgIpc) is 3.05. The Morgan fingerprint density at radius 2 is 1.90 bits per heavy atom. The van der Waals surface area contributed by atoms with Gasteiger partial charge < -0.3 is 9.47 Å². The van der Waals surface area contributed by atoms with Gasteiger partial charge in [0.2, 0.25) is 0 Å². The fourth-order valence-corrected chi connectivity index (χ4v) is 7.84. The Morgan fingerprint density at radius 3 is 2.60 bits per heavy atom. The van der Waals surface area contributed by atoms with Gasteiger partial charge in [-0.1, -0.05) is 19.4 Å². The van der Waals surface area contributed by atoms with Crippen molar-refractivity contribution in [3.05, 3.63) is 23.0 Å². The largest absolute Gasteiger partial charge is 0.498 e. The molecule has 0 spiro atoms. The van der Waals surface area contributed by atoms with Crippen LogP contribution in [-0.4, -0.2) is 25.0 Å². The Morgan fingerprint density at radius 1 is 1.13 bits per heavy atom. The summed E-state index contributed by atoms with van der Waals surface area (Å²) in [5, 5.41) is 0. The molecule has 0 aromatic heterocycles. The van der Waals surface area contributed by atoms with Crippen LogP contribution in [-0.2, 0) is 19.1 Å². The quantitative estimate of drug-likeness (QED) is 0.548. The zero-order valence-corrected chi connectivity index (χ0v) is 19.4. The third kappa shape index (κ3) is 3.35. The second-order valence-corrected chi connectivity index (χ2v) is 10.7. The summed E-state index contributed by atoms with van der Waals surface area (Å²) >= 11 is 0. The molecule has 2 saturated carbocycles. The Balaban J connectivity index is 1.60. The predicted molar refractivity (Wildman–Crippen MR) is 117 cm³/mol. The van der Waals surface area contributed by atoms with E-state index in [0.29, 0.717) is 17.8 Å². The van der Waals surface area contributed by atoms with Crippen molar-refractivity contribution in [3.8, 4) is 0 Å². The van der Waals surface area contributed by atoms with Crippen molar-refractivity contribution in [2.24, 2.45) is 34.5 Å². The third-order valence-electron chi connectivity index (χ3n) is 9.20. The minimum Gasteiger partial charge on any atom is -0.498 e. The summed E-state index contributed by atoms with van der Waals surface area (Å²) in [6.07, 6.45) is 10.1. The SMILES string of the molecule is CCOC1=CC2=C(C)C[C@H]3[C@@H]4CC[C@H](C(=O)COC(C)=O)[C@@]4(C)CC[C@@H]3[C@@]2(C)CC1. The number of fused-ring (bicyclic) bond motifs is 5. The highest BCUT2D eigenvalue weighted by Crippen LogP contribution is 2.67. The standard InChI is InChI=1S/C26H38O4/c1-6-29-18-9-11-26(5)21-10-12-25(4)20(19(21)13-16(2)23(26)14-18)7-8-22(25)24(28)15-30-17(3)27/h14,19-22H,6-13,15H2,1-5H3/t19-,20-,21-,22+,25-,26+/m0/s1. The van der Waals surface area contributed by atoms with Crippen LogP contribution in [0.1, 0.15) is 79.6 Å². The van der Waals surface area contributed by atoms with Gasteiger partial charge in [-0.25, -0.2) is 0 Å². The van der Waals surface area contributed by atoms with Crippen LogP contribution in [0.3, 0.4) is 0 Å². The Bertz CT molecular complexity index is 793. The summed E-state index contributed by atoms with van der Waals surface area (Å²) in [6.45, 7) is 11.3. The van der Waals surface area contributed by atoms with Crippen molar-refractivity contribution in [2.75, 3.05) is 13.2 Å². The van der Waals surface area contributed by atoms with Crippen LogP contribution in [0.15, 0.2) is 23.0 Å². The molecular formula is C26H38O4. The number of Topliss-reactive ketones (excluding diaryl/α,β-unsaturated/α-hetero) is 1. The van der Waals surface area contributed by atoms with Crippen molar-refractivity contribution in [3.63, 3.8) is 0 Å². The lowest BCUT2D eigenvalue weighted by atomic mass is 9.47. The third-order valence-corrected chi connectivity index (χ3v) is 9.20. The molecule has 0 radical (unpaired) electrons. The van der Waals surface area contributed by atoms with Gasteiger partial charge in [0, 0.05) is 19.3 Å². The van der Waals surface area contributed by atoms with Crippen molar-refractivity contribution in [2.45, 2.75) is 79.6 Å². The van der Waals surface area contributed by atoms with Crippen molar-refractivity contribution in [1.82, 2.24) is 0 Å². The molecule has 0 bridgehead atoms. The molecule has 0 aromatic rings. The first-order chi connectivity index (χ1) is 14.2. The average molecular weight is 415 g/mol. The first-order valence-electron chi connectivity index (χ1n) is 11.9. The van der Waals surface area contributed by atoms with Crippen molar-refractivity contribution < 1.29 is 19.1 Å². The van der Waals surface area contributed by atoms with Crippen LogP contribution in [0.2, 0.25) is 0 Å². The van der Waals surface area contributed by atoms with Gasteiger partial charge >= 0.3 is 5.97 Å². The van der Waals surface area contributed by atoms with E-state index in [0.717, 1.165) is 44.5 Å². The molecule has 4 aliphatic carbocycles. The second-order valence-electron chi connectivity index (χ2n) is 10.7. The fraction of sp³-hybridized carbons (Fsp3) is 0.769. The maximum Gasteiger partial charge on any atom is 0.303 e. The van der Waals surface area contributed by atoms with Gasteiger partial charge in [0.25, 0.3) is 0 Å². The number of ketones is 1. The van der Waals surface area contributed by atoms with Gasteiger partial charge in [-0.2, -0.15) is 0 Å². The monoisotopic (exact) mass is 414 g/mol. The zero-order chi connectivity index (χ0) is 21.7. The zero-order valence-electron chi connectivity index (χ0n) is 19.4. The van der Waals surface area contributed by atoms with E-state index in [1.165, 1.54) is 30.9 Å². The molecule has 2 fully saturated rings. The normalized spacial score (nSPS) is 40.1. The van der Waals surface area contributed by atoms with Crippen LogP contribution >= 0.6 is 0 Å². The molecule has 4 nitrogen and oxygen atoms in total. The molecule has 0 unspecified atom stereocenters. The Hall–Kier alpha value is -1.58. The number of esters is 1. The van der Waals surface area contributed by atoms with E-state index in [2.05, 4.69) is 33.8 Å². The fourth-order valence-electron chi connectivity index (χ4n) is 7.84. The minimum atomic E-state index is -0.364. The maximum atomic E-state index is 12.9. The molecule has 0 saturated heterocycles. The number of hydrogen-bond acceptors (Lipinski definition) is 4. The van der Waals surface area contributed by atoms with Gasteiger partial charge in [-0.05, 0) is 92.6 Å². The van der Waals surface area contributed by atoms with Gasteiger partial charge in [-0.3, -0.25) is 9.59 Å². The summed E-state index contributed by atoms with van der Waals surface area (Å²) in [7, 11) is 0. The second kappa shape index (κ2) is 7.84. The van der Waals surface area contributed by atoms with Crippen molar-refractivity contribution >= 4 is 11.8 Å². The summed E-state index contributed by atoms with van der Waals surface area (Å²) in [5.41, 5.74) is 3.33. The van der Waals surface area contributed by atoms with Crippen LogP contribution in [0.25, 0.3) is 0 Å². The predicted octanol–water partition coefficient (Wildman–Crippen LogP) is 5.62. The molecule has 0 aliphatic heterocycles. The van der Waals surface area contributed by atoms with Crippen LogP contribution in [0, 0.1) is 34.5 Å². The maximum absolute atomic E-state index is 12.9. The molecule has 4 heteroatoms. The number of carbonyl (C=O) groups excluding carboxylic acids is 2. The number of ether oxygens (including phenoxy) is 2. The van der Waals surface area contributed by atoms with Crippen LogP contribution in [0.5, 0.6) is 0 Å². The molecule has 0 heterocycles. The summed E-state index contributed by atoms with van der Waals surface area (Å²) < 4.78 is 10.9. The lowest BCUT2D eigenvalue weighted by Crippen LogP contribution is -2.50. The highest BCUT2D eigenvalue weighted by Gasteiger charge is 2.60. The first-order valence-corrected chi connectivity index (χ1v) is 11.9. The molecule has 4 rings (SSSR count). The molecule has 30 heavy (non-hydrogen) atoms. The van der Waals surface area contributed by atoms with Crippen LogP contribution in [0.4, 0.5) is 0 Å². The summed E-state index contributed by atoms with van der Waals surface area (Å²) in [6, 6.07) is 0. The van der Waals surface area contributed by atoms with E-state index in [-0.39, 0.29) is 35.1 Å². The topological polar surface area (TPSA) is 52.6 Å². The Kier molecular flexibility index (Phi) is 5.65. The smallest absolute Gasteiger partial charge is 0.303 e. The molecule has 166 valence electrons.